The molecule has 0 N–H and O–H groups in total. The highest BCUT2D eigenvalue weighted by Gasteiger charge is 2.16. The predicted octanol–water partition coefficient (Wildman–Crippen LogP) is 5.46. The highest BCUT2D eigenvalue weighted by molar-refractivity contribution is 5.76. The lowest BCUT2D eigenvalue weighted by Crippen LogP contribution is -2.16. The third-order valence-corrected chi connectivity index (χ3v) is 4.66. The van der Waals surface area contributed by atoms with Crippen molar-refractivity contribution < 1.29 is 28.5 Å². The minimum Gasteiger partial charge on any atom is -0.493 e. The molecule has 164 valence electrons. The van der Waals surface area contributed by atoms with Crippen molar-refractivity contribution in [2.45, 2.75) is 84.2 Å². The van der Waals surface area contributed by atoms with Crippen molar-refractivity contribution >= 4 is 11.9 Å². The van der Waals surface area contributed by atoms with E-state index in [4.69, 9.17) is 18.9 Å². The Kier molecular flexibility index (Phi) is 12.6. The van der Waals surface area contributed by atoms with Crippen LogP contribution in [0.2, 0.25) is 0 Å². The first kappa shape index (κ1) is 24.8. The molecule has 0 bridgehead atoms. The summed E-state index contributed by atoms with van der Waals surface area (Å²) in [5, 5.41) is 0. The standard InChI is InChI=1S/C23H36O6/c1-5-6-7-8-9-10-13-18(2)28-21(24)16-12-17-22(25)29-23-19(26-3)14-11-15-20(23)27-4/h11,14-15,18H,5-10,12-13,16-17H2,1-4H3. The molecule has 0 aromatic heterocycles. The summed E-state index contributed by atoms with van der Waals surface area (Å²) in [6.45, 7) is 4.13. The predicted molar refractivity (Wildman–Crippen MR) is 113 cm³/mol. The Morgan fingerprint density at radius 2 is 1.45 bits per heavy atom. The molecule has 1 atom stereocenters. The van der Waals surface area contributed by atoms with Gasteiger partial charge >= 0.3 is 11.9 Å². The van der Waals surface area contributed by atoms with Crippen molar-refractivity contribution in [1.82, 2.24) is 0 Å². The maximum Gasteiger partial charge on any atom is 0.311 e. The highest BCUT2D eigenvalue weighted by atomic mass is 16.6. The van der Waals surface area contributed by atoms with Crippen molar-refractivity contribution in [3.05, 3.63) is 18.2 Å². The van der Waals surface area contributed by atoms with Crippen LogP contribution in [0.1, 0.15) is 78.1 Å². The summed E-state index contributed by atoms with van der Waals surface area (Å²) in [7, 11) is 2.99. The van der Waals surface area contributed by atoms with Gasteiger partial charge in [-0.05, 0) is 38.3 Å². The fraction of sp³-hybridized carbons (Fsp3) is 0.652. The molecule has 0 amide bonds. The van der Waals surface area contributed by atoms with E-state index < -0.39 is 5.97 Å². The molecule has 1 aromatic carbocycles. The Bertz CT molecular complexity index is 591. The highest BCUT2D eigenvalue weighted by Crippen LogP contribution is 2.37. The molecule has 0 aliphatic carbocycles. The summed E-state index contributed by atoms with van der Waals surface area (Å²) in [5.74, 6) is 0.366. The van der Waals surface area contributed by atoms with E-state index in [1.54, 1.807) is 18.2 Å². The van der Waals surface area contributed by atoms with Crippen LogP contribution in [0.25, 0.3) is 0 Å². The number of methoxy groups -OCH3 is 2. The molecule has 0 aliphatic rings. The van der Waals surface area contributed by atoms with Crippen molar-refractivity contribution in [2.75, 3.05) is 14.2 Å². The van der Waals surface area contributed by atoms with Crippen LogP contribution in [0.3, 0.4) is 0 Å². The second kappa shape index (κ2) is 14.7. The summed E-state index contributed by atoms with van der Waals surface area (Å²) in [5.41, 5.74) is 0. The van der Waals surface area contributed by atoms with Crippen molar-refractivity contribution in [3.63, 3.8) is 0 Å². The van der Waals surface area contributed by atoms with Gasteiger partial charge in [-0.15, -0.1) is 0 Å². The average molecular weight is 409 g/mol. The van der Waals surface area contributed by atoms with Crippen LogP contribution in [-0.4, -0.2) is 32.3 Å². The molecule has 0 fully saturated rings. The van der Waals surface area contributed by atoms with Crippen LogP contribution in [0.15, 0.2) is 18.2 Å². The Labute approximate surface area is 174 Å². The lowest BCUT2D eigenvalue weighted by Gasteiger charge is -2.14. The molecule has 0 radical (unpaired) electrons. The number of hydrogen-bond acceptors (Lipinski definition) is 6. The minimum atomic E-state index is -0.444. The van der Waals surface area contributed by atoms with E-state index >= 15 is 0 Å². The number of benzene rings is 1. The van der Waals surface area contributed by atoms with E-state index in [0.29, 0.717) is 17.9 Å². The zero-order valence-corrected chi connectivity index (χ0v) is 18.3. The molecule has 0 saturated heterocycles. The summed E-state index contributed by atoms with van der Waals surface area (Å²) < 4.78 is 21.2. The van der Waals surface area contributed by atoms with Gasteiger partial charge in [0.2, 0.25) is 5.75 Å². The second-order valence-corrected chi connectivity index (χ2v) is 7.18. The van der Waals surface area contributed by atoms with Gasteiger partial charge < -0.3 is 18.9 Å². The van der Waals surface area contributed by atoms with Crippen LogP contribution < -0.4 is 14.2 Å². The smallest absolute Gasteiger partial charge is 0.311 e. The molecule has 0 heterocycles. The van der Waals surface area contributed by atoms with Crippen LogP contribution in [0.4, 0.5) is 0 Å². The van der Waals surface area contributed by atoms with E-state index in [0.717, 1.165) is 12.8 Å². The van der Waals surface area contributed by atoms with Gasteiger partial charge in [-0.1, -0.05) is 45.1 Å². The van der Waals surface area contributed by atoms with Crippen LogP contribution in [0.5, 0.6) is 17.2 Å². The van der Waals surface area contributed by atoms with E-state index in [-0.39, 0.29) is 30.7 Å². The maximum atomic E-state index is 12.1. The molecule has 29 heavy (non-hydrogen) atoms. The molecule has 0 aliphatic heterocycles. The van der Waals surface area contributed by atoms with E-state index in [1.807, 2.05) is 6.92 Å². The lowest BCUT2D eigenvalue weighted by molar-refractivity contribution is -0.148. The average Bonchev–Trinajstić information content (AvgIpc) is 2.70. The maximum absolute atomic E-state index is 12.1. The second-order valence-electron chi connectivity index (χ2n) is 7.18. The topological polar surface area (TPSA) is 71.1 Å². The first-order valence-corrected chi connectivity index (χ1v) is 10.6. The van der Waals surface area contributed by atoms with Crippen LogP contribution >= 0.6 is 0 Å². The normalized spacial score (nSPS) is 11.6. The fourth-order valence-electron chi connectivity index (χ4n) is 3.01. The minimum absolute atomic E-state index is 0.0848. The van der Waals surface area contributed by atoms with Gasteiger partial charge in [0.1, 0.15) is 0 Å². The van der Waals surface area contributed by atoms with Gasteiger partial charge in [-0.25, -0.2) is 0 Å². The zero-order chi connectivity index (χ0) is 21.5. The number of carbonyl (C=O) groups is 2. The largest absolute Gasteiger partial charge is 0.493 e. The quantitative estimate of drug-likeness (QED) is 0.218. The summed E-state index contributed by atoms with van der Waals surface area (Å²) in [4.78, 5) is 24.1. The molecule has 0 spiro atoms. The van der Waals surface area contributed by atoms with Gasteiger partial charge in [0, 0.05) is 12.8 Å². The Morgan fingerprint density at radius 3 is 2.07 bits per heavy atom. The monoisotopic (exact) mass is 408 g/mol. The molecule has 6 nitrogen and oxygen atoms in total. The first-order chi connectivity index (χ1) is 14.0. The van der Waals surface area contributed by atoms with Gasteiger partial charge in [-0.3, -0.25) is 9.59 Å². The number of para-hydroxylation sites is 1. The molecule has 1 unspecified atom stereocenters. The zero-order valence-electron chi connectivity index (χ0n) is 18.3. The molecular weight excluding hydrogens is 372 g/mol. The fourth-order valence-corrected chi connectivity index (χ4v) is 3.01. The van der Waals surface area contributed by atoms with Gasteiger partial charge in [0.25, 0.3) is 0 Å². The lowest BCUT2D eigenvalue weighted by atomic mass is 10.1. The SMILES string of the molecule is CCCCCCCCC(C)OC(=O)CCCC(=O)Oc1c(OC)cccc1OC. The van der Waals surface area contributed by atoms with Crippen molar-refractivity contribution in [3.8, 4) is 17.2 Å². The summed E-state index contributed by atoms with van der Waals surface area (Å²) >= 11 is 0. The van der Waals surface area contributed by atoms with Crippen LogP contribution in [-0.2, 0) is 14.3 Å². The molecular formula is C23H36O6. The first-order valence-electron chi connectivity index (χ1n) is 10.6. The van der Waals surface area contributed by atoms with Crippen LogP contribution in [0, 0.1) is 0 Å². The number of rotatable bonds is 15. The van der Waals surface area contributed by atoms with Gasteiger partial charge in [0.15, 0.2) is 11.5 Å². The summed E-state index contributed by atoms with van der Waals surface area (Å²) in [6, 6.07) is 5.12. The molecule has 6 heteroatoms. The number of carbonyl (C=O) groups excluding carboxylic acids is 2. The molecule has 1 rings (SSSR count). The summed E-state index contributed by atoms with van der Waals surface area (Å²) in [6.07, 6.45) is 8.79. The number of unbranched alkanes of at least 4 members (excludes halogenated alkanes) is 5. The molecule has 0 saturated carbocycles. The van der Waals surface area contributed by atoms with E-state index in [2.05, 4.69) is 6.92 Å². The van der Waals surface area contributed by atoms with Gasteiger partial charge in [-0.2, -0.15) is 0 Å². The Balaban J connectivity index is 2.26. The number of hydrogen-bond donors (Lipinski definition) is 0. The van der Waals surface area contributed by atoms with E-state index in [1.165, 1.54) is 46.3 Å². The van der Waals surface area contributed by atoms with Gasteiger partial charge in [0.05, 0.1) is 20.3 Å². The van der Waals surface area contributed by atoms with E-state index in [9.17, 15) is 9.59 Å². The van der Waals surface area contributed by atoms with Crippen molar-refractivity contribution in [1.29, 1.82) is 0 Å². The third kappa shape index (κ3) is 10.2. The Hall–Kier alpha value is -2.24. The number of ether oxygens (including phenoxy) is 4. The third-order valence-electron chi connectivity index (χ3n) is 4.66. The Morgan fingerprint density at radius 1 is 0.862 bits per heavy atom. The number of esters is 2. The molecule has 1 aromatic rings. The van der Waals surface area contributed by atoms with Crippen molar-refractivity contribution in [2.24, 2.45) is 0 Å².